The molecule has 2 rings (SSSR count). The van der Waals surface area contributed by atoms with E-state index in [2.05, 4.69) is 9.72 Å². The molecule has 1 aliphatic heterocycles. The predicted molar refractivity (Wildman–Crippen MR) is 62.3 cm³/mol. The molecule has 19 heavy (non-hydrogen) atoms. The first kappa shape index (κ1) is 14.9. The Balaban J connectivity index is 0.000000399. The smallest absolute Gasteiger partial charge is 0.351 e. The Morgan fingerprint density at radius 3 is 2.74 bits per heavy atom. The van der Waals surface area contributed by atoms with Gasteiger partial charge in [-0.15, -0.1) is 0 Å². The predicted octanol–water partition coefficient (Wildman–Crippen LogP) is -1.46. The number of methoxy groups -OCH3 is 1. The lowest BCUT2D eigenvalue weighted by molar-refractivity contribution is -0.142. The minimum absolute atomic E-state index is 0.121. The van der Waals surface area contributed by atoms with E-state index in [0.717, 1.165) is 0 Å². The van der Waals surface area contributed by atoms with Crippen LogP contribution in [0.5, 0.6) is 0 Å². The zero-order chi connectivity index (χ0) is 14.4. The number of rotatable bonds is 1. The number of aromatic nitrogens is 2. The second kappa shape index (κ2) is 6.69. The van der Waals surface area contributed by atoms with Crippen molar-refractivity contribution in [3.63, 3.8) is 0 Å². The van der Waals surface area contributed by atoms with Crippen molar-refractivity contribution >= 4 is 5.82 Å². The largest absolute Gasteiger partial charge is 0.431 e. The number of hydrogen-bond donors (Lipinski definition) is 3. The van der Waals surface area contributed by atoms with Crippen LogP contribution in [0, 0.1) is 11.5 Å². The maximum Gasteiger partial charge on any atom is 0.351 e. The van der Waals surface area contributed by atoms with E-state index >= 15 is 0 Å². The first-order chi connectivity index (χ1) is 8.99. The number of anilines is 1. The van der Waals surface area contributed by atoms with Gasteiger partial charge in [0.15, 0.2) is 6.29 Å². The first-order valence-electron chi connectivity index (χ1n) is 5.28. The number of hydrogen-bond acceptors (Lipinski definition) is 8. The van der Waals surface area contributed by atoms with Crippen molar-refractivity contribution in [1.29, 1.82) is 5.26 Å². The average Bonchev–Trinajstić information content (AvgIpc) is 2.69. The SMILES string of the molecule is COC#N.Nc1ccn(C2CC(O)C(O)O2)c(=O)n1. The molecule has 1 fully saturated rings. The number of nitrogens with zero attached hydrogens (tertiary/aromatic N) is 3. The second-order valence-electron chi connectivity index (χ2n) is 3.62. The van der Waals surface area contributed by atoms with Gasteiger partial charge in [0.05, 0.1) is 7.11 Å². The van der Waals surface area contributed by atoms with Crippen LogP contribution >= 0.6 is 0 Å². The molecule has 0 aliphatic carbocycles. The van der Waals surface area contributed by atoms with E-state index < -0.39 is 24.3 Å². The van der Waals surface area contributed by atoms with Gasteiger partial charge in [-0.25, -0.2) is 4.79 Å². The summed E-state index contributed by atoms with van der Waals surface area (Å²) in [4.78, 5) is 14.9. The Morgan fingerprint density at radius 1 is 1.68 bits per heavy atom. The van der Waals surface area contributed by atoms with Gasteiger partial charge in [0.25, 0.3) is 6.26 Å². The van der Waals surface area contributed by atoms with Crippen LogP contribution in [0.15, 0.2) is 17.1 Å². The maximum absolute atomic E-state index is 11.4. The highest BCUT2D eigenvalue weighted by Gasteiger charge is 2.33. The zero-order valence-corrected chi connectivity index (χ0v) is 10.1. The third-order valence-electron chi connectivity index (χ3n) is 2.32. The number of ether oxygens (including phenoxy) is 2. The summed E-state index contributed by atoms with van der Waals surface area (Å²) in [6.45, 7) is 0. The Morgan fingerprint density at radius 2 is 2.32 bits per heavy atom. The summed E-state index contributed by atoms with van der Waals surface area (Å²) in [7, 11) is 1.32. The molecule has 0 amide bonds. The summed E-state index contributed by atoms with van der Waals surface area (Å²) >= 11 is 0. The molecule has 1 aromatic rings. The van der Waals surface area contributed by atoms with Gasteiger partial charge in [-0.2, -0.15) is 10.2 Å². The standard InChI is InChI=1S/C8H11N3O4.C2H3NO/c9-5-1-2-11(8(14)10-5)6-3-4(12)7(13)15-6;1-4-2-3/h1-2,4,6-7,12-13H,3H2,(H2,9,10,14);1H3. The number of nitriles is 1. The van der Waals surface area contributed by atoms with Crippen molar-refractivity contribution in [1.82, 2.24) is 9.55 Å². The number of nitrogen functional groups attached to an aromatic ring is 1. The van der Waals surface area contributed by atoms with Crippen LogP contribution in [0.4, 0.5) is 5.82 Å². The molecule has 9 nitrogen and oxygen atoms in total. The summed E-state index contributed by atoms with van der Waals surface area (Å²) in [5.41, 5.74) is 4.75. The van der Waals surface area contributed by atoms with Crippen LogP contribution in [0.2, 0.25) is 0 Å². The molecule has 0 spiro atoms. The van der Waals surface area contributed by atoms with Crippen LogP contribution in [0.1, 0.15) is 12.6 Å². The molecule has 3 unspecified atom stereocenters. The summed E-state index contributed by atoms with van der Waals surface area (Å²) < 4.78 is 9.99. The average molecular weight is 270 g/mol. The van der Waals surface area contributed by atoms with Crippen molar-refractivity contribution in [2.45, 2.75) is 25.0 Å². The van der Waals surface area contributed by atoms with Gasteiger partial charge in [-0.3, -0.25) is 4.57 Å². The Kier molecular flexibility index (Phi) is 5.25. The summed E-state index contributed by atoms with van der Waals surface area (Å²) in [5.74, 6) is 0.121. The van der Waals surface area contributed by atoms with E-state index in [4.69, 9.17) is 20.8 Å². The van der Waals surface area contributed by atoms with Gasteiger partial charge in [0.1, 0.15) is 18.1 Å². The van der Waals surface area contributed by atoms with E-state index in [1.807, 2.05) is 0 Å². The monoisotopic (exact) mass is 270 g/mol. The quantitative estimate of drug-likeness (QED) is 0.525. The van der Waals surface area contributed by atoms with Crippen LogP contribution in [0.3, 0.4) is 0 Å². The highest BCUT2D eigenvalue weighted by Crippen LogP contribution is 2.25. The van der Waals surface area contributed by atoms with Gasteiger partial charge in [0, 0.05) is 12.6 Å². The van der Waals surface area contributed by atoms with Gasteiger partial charge < -0.3 is 25.4 Å². The molecule has 0 saturated carbocycles. The van der Waals surface area contributed by atoms with Crippen LogP contribution in [0.25, 0.3) is 0 Å². The fourth-order valence-corrected chi connectivity index (χ4v) is 1.45. The number of aliphatic hydroxyl groups excluding tert-OH is 2. The lowest BCUT2D eigenvalue weighted by Crippen LogP contribution is -2.27. The molecule has 104 valence electrons. The number of nitrogens with two attached hydrogens (primary N) is 1. The molecule has 2 heterocycles. The summed E-state index contributed by atoms with van der Waals surface area (Å²) in [6.07, 6.45) is 0.0433. The molecular weight excluding hydrogens is 256 g/mol. The molecule has 1 aromatic heterocycles. The molecule has 4 N–H and O–H groups in total. The minimum Gasteiger partial charge on any atom is -0.431 e. The van der Waals surface area contributed by atoms with E-state index in [0.29, 0.717) is 0 Å². The first-order valence-corrected chi connectivity index (χ1v) is 5.28. The summed E-state index contributed by atoms with van der Waals surface area (Å²) in [5, 5.41) is 25.8. The molecular formula is C10H14N4O5. The molecule has 0 bridgehead atoms. The van der Waals surface area contributed by atoms with Crippen LogP contribution in [-0.2, 0) is 9.47 Å². The third-order valence-corrected chi connectivity index (χ3v) is 2.32. The van der Waals surface area contributed by atoms with Crippen molar-refractivity contribution in [3.05, 3.63) is 22.7 Å². The molecule has 3 atom stereocenters. The van der Waals surface area contributed by atoms with Gasteiger partial charge in [-0.05, 0) is 6.07 Å². The van der Waals surface area contributed by atoms with Crippen LogP contribution in [-0.4, -0.2) is 39.3 Å². The normalized spacial score (nSPS) is 25.1. The third kappa shape index (κ3) is 3.92. The summed E-state index contributed by atoms with van der Waals surface area (Å²) in [6, 6.07) is 1.45. The van der Waals surface area contributed by atoms with E-state index in [1.165, 1.54) is 30.2 Å². The lowest BCUT2D eigenvalue weighted by atomic mass is 10.2. The lowest BCUT2D eigenvalue weighted by Gasteiger charge is -2.12. The van der Waals surface area contributed by atoms with E-state index in [9.17, 15) is 9.90 Å². The second-order valence-corrected chi connectivity index (χ2v) is 3.62. The van der Waals surface area contributed by atoms with Gasteiger partial charge in [-0.1, -0.05) is 0 Å². The fraction of sp³-hybridized carbons (Fsp3) is 0.500. The topological polar surface area (TPSA) is 144 Å². The van der Waals surface area contributed by atoms with Gasteiger partial charge in [0.2, 0.25) is 0 Å². The van der Waals surface area contributed by atoms with Crippen LogP contribution < -0.4 is 11.4 Å². The maximum atomic E-state index is 11.4. The van der Waals surface area contributed by atoms with E-state index in [1.54, 1.807) is 0 Å². The molecule has 1 aliphatic rings. The van der Waals surface area contributed by atoms with Crippen molar-refractivity contribution in [3.8, 4) is 6.26 Å². The molecule has 0 aromatic carbocycles. The van der Waals surface area contributed by atoms with Crippen molar-refractivity contribution < 1.29 is 19.7 Å². The molecule has 0 radical (unpaired) electrons. The Labute approximate surface area is 108 Å². The Bertz CT molecular complexity index is 501. The zero-order valence-electron chi connectivity index (χ0n) is 10.1. The highest BCUT2D eigenvalue weighted by atomic mass is 16.6. The Hall–Kier alpha value is -2.15. The minimum atomic E-state index is -1.26. The molecule has 9 heteroatoms. The van der Waals surface area contributed by atoms with E-state index in [-0.39, 0.29) is 12.2 Å². The fourth-order valence-electron chi connectivity index (χ4n) is 1.45. The number of aliphatic hydroxyl groups is 2. The van der Waals surface area contributed by atoms with Gasteiger partial charge >= 0.3 is 5.69 Å². The van der Waals surface area contributed by atoms with Crippen molar-refractivity contribution in [2.24, 2.45) is 0 Å². The van der Waals surface area contributed by atoms with Crippen molar-refractivity contribution in [2.75, 3.05) is 12.8 Å². The molecule has 1 saturated heterocycles. The highest BCUT2D eigenvalue weighted by molar-refractivity contribution is 5.23.